The summed E-state index contributed by atoms with van der Waals surface area (Å²) >= 11 is 6.27. The quantitative estimate of drug-likeness (QED) is 0.288. The molecule has 3 aliphatic heterocycles. The van der Waals surface area contributed by atoms with Gasteiger partial charge in [-0.15, -0.1) is 0 Å². The molecule has 3 aliphatic rings. The molecule has 4 N–H and O–H groups in total. The fraction of sp³-hybridized carbons (Fsp3) is 0.480. The summed E-state index contributed by atoms with van der Waals surface area (Å²) in [6, 6.07) is 3.41. The van der Waals surface area contributed by atoms with Crippen molar-refractivity contribution in [2.75, 3.05) is 39.6 Å². The van der Waals surface area contributed by atoms with Gasteiger partial charge in [-0.3, -0.25) is 4.79 Å². The number of hydrogen-bond donors (Lipinski definition) is 4. The number of nitrogens with one attached hydrogen (secondary N) is 2. The molecule has 3 saturated heterocycles. The number of pyridine rings is 1. The van der Waals surface area contributed by atoms with Crippen LogP contribution < -0.4 is 14.8 Å². The second kappa shape index (κ2) is 10.7. The van der Waals surface area contributed by atoms with Crippen LogP contribution in [0.2, 0.25) is 5.02 Å². The normalized spacial score (nSPS) is 25.0. The second-order valence-corrected chi connectivity index (χ2v) is 10.5. The third-order valence-corrected chi connectivity index (χ3v) is 7.42. The molecule has 40 heavy (non-hydrogen) atoms. The minimum Gasteiger partial charge on any atom is -0.471 e. The average Bonchev–Trinajstić information content (AvgIpc) is 3.59. The number of fused-ring (bicyclic) bond motifs is 2. The Morgan fingerprint density at radius 1 is 1.18 bits per heavy atom. The number of halogens is 3. The zero-order chi connectivity index (χ0) is 28.0. The molecule has 12 nitrogen and oxygen atoms in total. The van der Waals surface area contributed by atoms with Gasteiger partial charge in [-0.2, -0.15) is 9.97 Å². The Morgan fingerprint density at radius 2 is 1.93 bits per heavy atom. The van der Waals surface area contributed by atoms with E-state index in [0.29, 0.717) is 5.52 Å². The molecule has 1 unspecified atom stereocenters. The van der Waals surface area contributed by atoms with Crippen molar-refractivity contribution in [2.24, 2.45) is 5.41 Å². The predicted octanol–water partition coefficient (Wildman–Crippen LogP) is 1.11. The van der Waals surface area contributed by atoms with E-state index in [1.165, 1.54) is 6.07 Å². The molecular formula is C25H25ClF2N4O8. The molecule has 0 bridgehead atoms. The first-order valence-corrected chi connectivity index (χ1v) is 12.8. The van der Waals surface area contributed by atoms with Crippen LogP contribution in [0.1, 0.15) is 15.9 Å². The fourth-order valence-corrected chi connectivity index (χ4v) is 4.95. The number of hydrogen-bond acceptors (Lipinski definition) is 10. The van der Waals surface area contributed by atoms with Crippen molar-refractivity contribution in [3.8, 4) is 11.9 Å². The number of aromatic amines is 1. The number of aliphatic hydroxyl groups excluding tert-OH is 2. The SMILES string of the molecule is O=C(NCC1(CO)COC1)c1cc(F)c(COc2nc3nc(O[C@@H]4COC5[C@H](O)CO[C@@H]54)[nH]c3cc2Cl)c(F)c1. The van der Waals surface area contributed by atoms with Crippen LogP contribution in [-0.2, 0) is 20.8 Å². The van der Waals surface area contributed by atoms with Crippen molar-refractivity contribution in [3.05, 3.63) is 46.0 Å². The Hall–Kier alpha value is -3.14. The van der Waals surface area contributed by atoms with E-state index in [2.05, 4.69) is 20.3 Å². The summed E-state index contributed by atoms with van der Waals surface area (Å²) in [6.45, 7) is 0.307. The maximum Gasteiger partial charge on any atom is 0.296 e. The molecule has 0 radical (unpaired) electrons. The lowest BCUT2D eigenvalue weighted by molar-refractivity contribution is -0.133. The van der Waals surface area contributed by atoms with Crippen molar-refractivity contribution in [1.82, 2.24) is 20.3 Å². The molecule has 0 aliphatic carbocycles. The summed E-state index contributed by atoms with van der Waals surface area (Å²) in [5.41, 5.74) is -0.613. The molecular weight excluding hydrogens is 558 g/mol. The maximum absolute atomic E-state index is 14.8. The number of amides is 1. The number of H-pyrrole nitrogens is 1. The van der Waals surface area contributed by atoms with Crippen molar-refractivity contribution in [2.45, 2.75) is 31.0 Å². The van der Waals surface area contributed by atoms with Gasteiger partial charge in [-0.25, -0.2) is 8.78 Å². The van der Waals surface area contributed by atoms with Gasteiger partial charge in [0.25, 0.3) is 11.9 Å². The third kappa shape index (κ3) is 5.06. The number of aliphatic hydroxyl groups is 2. The highest BCUT2D eigenvalue weighted by molar-refractivity contribution is 6.32. The van der Waals surface area contributed by atoms with E-state index < -0.39 is 59.5 Å². The summed E-state index contributed by atoms with van der Waals surface area (Å²) in [6.07, 6.45) is -2.11. The summed E-state index contributed by atoms with van der Waals surface area (Å²) in [4.78, 5) is 23.8. The van der Waals surface area contributed by atoms with Gasteiger partial charge < -0.3 is 44.2 Å². The highest BCUT2D eigenvalue weighted by Gasteiger charge is 2.48. The molecule has 4 atom stereocenters. The highest BCUT2D eigenvalue weighted by Crippen LogP contribution is 2.32. The monoisotopic (exact) mass is 582 g/mol. The van der Waals surface area contributed by atoms with E-state index in [1.807, 2.05) is 0 Å². The Labute approximate surface area is 230 Å². The lowest BCUT2D eigenvalue weighted by Gasteiger charge is -2.39. The van der Waals surface area contributed by atoms with Crippen LogP contribution >= 0.6 is 11.6 Å². The third-order valence-electron chi connectivity index (χ3n) is 7.15. The Balaban J connectivity index is 1.11. The summed E-state index contributed by atoms with van der Waals surface area (Å²) in [7, 11) is 0. The number of aromatic nitrogens is 3. The standard InChI is InChI=1S/C25H25ClF2N4O8/c26-13-3-16-21(32-24(30-16)40-18-6-38-19-17(34)5-37-20(18)19)31-23(13)39-4-12-14(27)1-11(2-15(12)28)22(35)29-7-25(8-33)9-36-10-25/h1-3,17-20,33-34H,4-10H2,(H,29,35)(H,30,31,32)/t17-,18-,19?,20-/m1/s1. The van der Waals surface area contributed by atoms with Crippen LogP contribution in [0.25, 0.3) is 11.2 Å². The van der Waals surface area contributed by atoms with Crippen molar-refractivity contribution < 1.29 is 47.5 Å². The minimum absolute atomic E-state index is 0.0591. The van der Waals surface area contributed by atoms with E-state index in [9.17, 15) is 23.8 Å². The van der Waals surface area contributed by atoms with Gasteiger partial charge in [0.05, 0.1) is 49.5 Å². The van der Waals surface area contributed by atoms with Gasteiger partial charge >= 0.3 is 0 Å². The first kappa shape index (κ1) is 27.1. The molecule has 3 aromatic rings. The number of imidazole rings is 1. The number of carbonyl (C=O) groups is 1. The first-order chi connectivity index (χ1) is 19.2. The minimum atomic E-state index is -0.988. The van der Waals surface area contributed by atoms with E-state index in [0.717, 1.165) is 12.1 Å². The van der Waals surface area contributed by atoms with Crippen molar-refractivity contribution in [3.63, 3.8) is 0 Å². The Bertz CT molecular complexity index is 1410. The molecule has 15 heteroatoms. The maximum atomic E-state index is 14.8. The number of carbonyl (C=O) groups excluding carboxylic acids is 1. The fourth-order valence-electron chi connectivity index (χ4n) is 4.75. The predicted molar refractivity (Wildman–Crippen MR) is 132 cm³/mol. The molecule has 6 rings (SSSR count). The molecule has 5 heterocycles. The molecule has 1 amide bonds. The lowest BCUT2D eigenvalue weighted by atomic mass is 9.87. The van der Waals surface area contributed by atoms with E-state index in [1.54, 1.807) is 0 Å². The van der Waals surface area contributed by atoms with Gasteiger partial charge in [0, 0.05) is 12.1 Å². The van der Waals surface area contributed by atoms with Crippen LogP contribution in [-0.4, -0.2) is 95.1 Å². The summed E-state index contributed by atoms with van der Waals surface area (Å²) < 4.78 is 57.1. The number of nitrogens with zero attached hydrogens (tertiary/aromatic N) is 2. The van der Waals surface area contributed by atoms with Gasteiger partial charge in [-0.1, -0.05) is 11.6 Å². The number of benzene rings is 1. The van der Waals surface area contributed by atoms with Crippen molar-refractivity contribution >= 4 is 28.7 Å². The lowest BCUT2D eigenvalue weighted by Crippen LogP contribution is -2.53. The van der Waals surface area contributed by atoms with Crippen LogP contribution in [0, 0.1) is 17.0 Å². The molecule has 0 spiro atoms. The molecule has 2 aromatic heterocycles. The Morgan fingerprint density at radius 3 is 2.62 bits per heavy atom. The van der Waals surface area contributed by atoms with Crippen LogP contribution in [0.15, 0.2) is 18.2 Å². The Kier molecular flexibility index (Phi) is 7.23. The van der Waals surface area contributed by atoms with Gasteiger partial charge in [0.15, 0.2) is 11.8 Å². The van der Waals surface area contributed by atoms with Gasteiger partial charge in [0.1, 0.15) is 41.6 Å². The van der Waals surface area contributed by atoms with E-state index in [4.69, 9.17) is 35.3 Å². The zero-order valence-electron chi connectivity index (χ0n) is 20.9. The van der Waals surface area contributed by atoms with Crippen molar-refractivity contribution in [1.29, 1.82) is 0 Å². The smallest absolute Gasteiger partial charge is 0.296 e. The molecule has 0 saturated carbocycles. The van der Waals surface area contributed by atoms with Crippen LogP contribution in [0.5, 0.6) is 11.9 Å². The van der Waals surface area contributed by atoms with E-state index >= 15 is 0 Å². The molecule has 3 fully saturated rings. The van der Waals surface area contributed by atoms with Crippen LogP contribution in [0.4, 0.5) is 8.78 Å². The largest absolute Gasteiger partial charge is 0.471 e. The van der Waals surface area contributed by atoms with E-state index in [-0.39, 0.29) is 67.7 Å². The second-order valence-electron chi connectivity index (χ2n) is 10.0. The number of ether oxygens (including phenoxy) is 5. The van der Waals surface area contributed by atoms with Gasteiger partial charge in [-0.05, 0) is 18.2 Å². The summed E-state index contributed by atoms with van der Waals surface area (Å²) in [5, 5.41) is 22.0. The first-order valence-electron chi connectivity index (χ1n) is 12.5. The number of rotatable bonds is 9. The van der Waals surface area contributed by atoms with Gasteiger partial charge in [0.2, 0.25) is 5.88 Å². The molecule has 1 aromatic carbocycles. The summed E-state index contributed by atoms with van der Waals surface area (Å²) in [5.74, 6) is -2.78. The zero-order valence-corrected chi connectivity index (χ0v) is 21.6. The van der Waals surface area contributed by atoms with Crippen LogP contribution in [0.3, 0.4) is 0 Å². The highest BCUT2D eigenvalue weighted by atomic mass is 35.5. The average molecular weight is 583 g/mol. The molecule has 214 valence electrons. The topological polar surface area (TPSA) is 157 Å².